The lowest BCUT2D eigenvalue weighted by Crippen LogP contribution is -2.27. The Morgan fingerprint density at radius 3 is 1.75 bits per heavy atom. The second-order valence-corrected chi connectivity index (χ2v) is 9.74. The summed E-state index contributed by atoms with van der Waals surface area (Å²) >= 11 is 0. The van der Waals surface area contributed by atoms with Crippen molar-refractivity contribution in [2.75, 3.05) is 68.6 Å². The van der Waals surface area contributed by atoms with Crippen LogP contribution < -0.4 is 21.3 Å². The second kappa shape index (κ2) is 17.9. The van der Waals surface area contributed by atoms with Gasteiger partial charge in [-0.2, -0.15) is 15.0 Å². The fourth-order valence-electron chi connectivity index (χ4n) is 4.10. The molecule has 4 rings (SSSR count). The minimum Gasteiger partial charge on any atom is -0.504 e. The van der Waals surface area contributed by atoms with Crippen molar-refractivity contribution in [1.29, 1.82) is 0 Å². The van der Waals surface area contributed by atoms with Gasteiger partial charge in [0.05, 0.1) is 26.4 Å². The zero-order valence-corrected chi connectivity index (χ0v) is 24.5. The van der Waals surface area contributed by atoms with Crippen LogP contribution in [-0.4, -0.2) is 83.7 Å². The van der Waals surface area contributed by atoms with Crippen molar-refractivity contribution in [2.24, 2.45) is 0 Å². The van der Waals surface area contributed by atoms with Crippen molar-refractivity contribution < 1.29 is 24.5 Å². The van der Waals surface area contributed by atoms with E-state index in [0.29, 0.717) is 82.4 Å². The number of ether oxygens (including phenoxy) is 2. The molecule has 12 nitrogen and oxygen atoms in total. The number of phenols is 2. The van der Waals surface area contributed by atoms with Gasteiger partial charge < -0.3 is 41.0 Å². The lowest BCUT2D eigenvalue weighted by Gasteiger charge is -2.12. The Bertz CT molecular complexity index is 1430. The zero-order valence-electron chi connectivity index (χ0n) is 24.5. The minimum atomic E-state index is -0.153. The van der Waals surface area contributed by atoms with Gasteiger partial charge in [-0.15, -0.1) is 0 Å². The number of hydrogen-bond donors (Lipinski definition) is 6. The van der Waals surface area contributed by atoms with E-state index in [1.807, 2.05) is 36.4 Å². The first-order valence-corrected chi connectivity index (χ1v) is 14.6. The second-order valence-electron chi connectivity index (χ2n) is 9.74. The Labute approximate surface area is 256 Å². The number of phenolic OH excluding ortho intramolecular Hbond substituents is 2. The van der Waals surface area contributed by atoms with E-state index in [-0.39, 0.29) is 17.4 Å². The fraction of sp³-hybridized carbons (Fsp3) is 0.312. The maximum absolute atomic E-state index is 12.0. The lowest BCUT2D eigenvalue weighted by molar-refractivity contribution is 0.0519. The van der Waals surface area contributed by atoms with Crippen LogP contribution in [0.4, 0.5) is 17.8 Å². The smallest absolute Gasteiger partial charge is 0.251 e. The Morgan fingerprint density at radius 1 is 0.591 bits per heavy atom. The normalized spacial score (nSPS) is 10.7. The first-order valence-electron chi connectivity index (χ1n) is 14.6. The number of aromatic nitrogens is 3. The van der Waals surface area contributed by atoms with Gasteiger partial charge in [0.2, 0.25) is 17.8 Å². The van der Waals surface area contributed by atoms with Crippen LogP contribution in [0.5, 0.6) is 11.5 Å². The van der Waals surface area contributed by atoms with E-state index in [2.05, 4.69) is 48.4 Å². The molecule has 12 heteroatoms. The third kappa shape index (κ3) is 11.4. The van der Waals surface area contributed by atoms with E-state index in [9.17, 15) is 15.0 Å². The van der Waals surface area contributed by atoms with Crippen LogP contribution in [-0.2, 0) is 22.3 Å². The van der Waals surface area contributed by atoms with Gasteiger partial charge in [-0.25, -0.2) is 0 Å². The van der Waals surface area contributed by atoms with Crippen LogP contribution in [0.3, 0.4) is 0 Å². The monoisotopic (exact) mass is 601 g/mol. The summed E-state index contributed by atoms with van der Waals surface area (Å²) in [6.45, 7) is 3.71. The molecule has 3 aromatic carbocycles. The summed E-state index contributed by atoms with van der Waals surface area (Å²) in [6.07, 6.45) is 1.41. The number of hydrogen-bond acceptors (Lipinski definition) is 11. The molecule has 6 N–H and O–H groups in total. The van der Waals surface area contributed by atoms with Crippen LogP contribution in [0.2, 0.25) is 0 Å². The molecule has 0 saturated heterocycles. The SMILES string of the molecule is O=C(NCCOCCOCCNc1nc(NCCc2ccccc2)nc(NCCc2ccc(O)c(O)c2)n1)c1ccccc1. The molecule has 1 aromatic heterocycles. The third-order valence-corrected chi connectivity index (χ3v) is 6.38. The van der Waals surface area contributed by atoms with Gasteiger partial charge in [-0.1, -0.05) is 54.6 Å². The molecule has 0 saturated carbocycles. The summed E-state index contributed by atoms with van der Waals surface area (Å²) in [5.41, 5.74) is 2.69. The van der Waals surface area contributed by atoms with Crippen LogP contribution >= 0.6 is 0 Å². The number of nitrogens with zero attached hydrogens (tertiary/aromatic N) is 3. The number of rotatable bonds is 19. The predicted octanol–water partition coefficient (Wildman–Crippen LogP) is 3.47. The number of amides is 1. The maximum Gasteiger partial charge on any atom is 0.251 e. The number of aromatic hydroxyl groups is 2. The summed E-state index contributed by atoms with van der Waals surface area (Å²) < 4.78 is 11.2. The van der Waals surface area contributed by atoms with Crippen molar-refractivity contribution in [3.05, 3.63) is 95.6 Å². The quantitative estimate of drug-likeness (QED) is 0.0689. The van der Waals surface area contributed by atoms with Gasteiger partial charge in [0.1, 0.15) is 0 Å². The van der Waals surface area contributed by atoms with Gasteiger partial charge in [0.25, 0.3) is 5.91 Å². The molecule has 0 aliphatic carbocycles. The molecule has 0 bridgehead atoms. The molecule has 0 aliphatic rings. The van der Waals surface area contributed by atoms with E-state index >= 15 is 0 Å². The van der Waals surface area contributed by atoms with Gasteiger partial charge in [-0.3, -0.25) is 4.79 Å². The van der Waals surface area contributed by atoms with Crippen LogP contribution in [0, 0.1) is 0 Å². The Balaban J connectivity index is 1.17. The van der Waals surface area contributed by atoms with Gasteiger partial charge in [-0.05, 0) is 48.2 Å². The van der Waals surface area contributed by atoms with E-state index in [1.54, 1.807) is 18.2 Å². The Morgan fingerprint density at radius 2 is 1.14 bits per heavy atom. The molecule has 0 fully saturated rings. The topological polar surface area (TPSA) is 163 Å². The summed E-state index contributed by atoms with van der Waals surface area (Å²) in [6, 6.07) is 24.0. The van der Waals surface area contributed by atoms with E-state index in [1.165, 1.54) is 17.7 Å². The first kappa shape index (κ1) is 32.0. The molecule has 4 aromatic rings. The first-order chi connectivity index (χ1) is 21.6. The third-order valence-electron chi connectivity index (χ3n) is 6.38. The average molecular weight is 602 g/mol. The number of benzene rings is 3. The molecule has 0 atom stereocenters. The van der Waals surface area contributed by atoms with Gasteiger partial charge >= 0.3 is 0 Å². The fourth-order valence-corrected chi connectivity index (χ4v) is 4.10. The largest absolute Gasteiger partial charge is 0.504 e. The molecule has 44 heavy (non-hydrogen) atoms. The summed E-state index contributed by atoms with van der Waals surface area (Å²) in [7, 11) is 0. The molecular weight excluding hydrogens is 562 g/mol. The number of carbonyl (C=O) groups excluding carboxylic acids is 1. The maximum atomic E-state index is 12.0. The average Bonchev–Trinajstić information content (AvgIpc) is 3.04. The molecule has 232 valence electrons. The summed E-state index contributed by atoms with van der Waals surface area (Å²) in [4.78, 5) is 25.5. The van der Waals surface area contributed by atoms with Crippen LogP contribution in [0.1, 0.15) is 21.5 Å². The van der Waals surface area contributed by atoms with Crippen LogP contribution in [0.15, 0.2) is 78.9 Å². The highest BCUT2D eigenvalue weighted by atomic mass is 16.5. The molecule has 0 spiro atoms. The van der Waals surface area contributed by atoms with Crippen molar-refractivity contribution >= 4 is 23.8 Å². The van der Waals surface area contributed by atoms with Gasteiger partial charge in [0, 0.05) is 31.7 Å². The van der Waals surface area contributed by atoms with E-state index in [4.69, 9.17) is 9.47 Å². The minimum absolute atomic E-state index is 0.125. The van der Waals surface area contributed by atoms with E-state index < -0.39 is 0 Å². The van der Waals surface area contributed by atoms with Crippen molar-refractivity contribution in [3.63, 3.8) is 0 Å². The standard InChI is InChI=1S/C32H39N7O5/c40-27-12-11-25(23-28(27)41)14-16-35-31-37-30(34-15-13-24-7-3-1-4-8-24)38-32(39-31)36-18-20-44-22-21-43-19-17-33-29(42)26-9-5-2-6-10-26/h1-12,23,40-41H,13-22H2,(H,33,42)(H3,34,35,36,37,38,39). The highest BCUT2D eigenvalue weighted by Crippen LogP contribution is 2.25. The highest BCUT2D eigenvalue weighted by Gasteiger charge is 2.08. The molecule has 0 radical (unpaired) electrons. The highest BCUT2D eigenvalue weighted by molar-refractivity contribution is 5.94. The number of anilines is 3. The van der Waals surface area contributed by atoms with Crippen LogP contribution in [0.25, 0.3) is 0 Å². The van der Waals surface area contributed by atoms with Crippen molar-refractivity contribution in [3.8, 4) is 11.5 Å². The molecule has 1 amide bonds. The molecular formula is C32H39N7O5. The summed E-state index contributed by atoms with van der Waals surface area (Å²) in [5, 5.41) is 31.7. The number of nitrogens with one attached hydrogen (secondary N) is 4. The Kier molecular flexibility index (Phi) is 13.0. The van der Waals surface area contributed by atoms with Crippen molar-refractivity contribution in [2.45, 2.75) is 12.8 Å². The predicted molar refractivity (Wildman–Crippen MR) is 169 cm³/mol. The number of carbonyl (C=O) groups is 1. The molecule has 1 heterocycles. The zero-order chi connectivity index (χ0) is 30.8. The summed E-state index contributed by atoms with van der Waals surface area (Å²) in [5.74, 6) is 0.821. The van der Waals surface area contributed by atoms with Crippen molar-refractivity contribution in [1.82, 2.24) is 20.3 Å². The molecule has 0 aliphatic heterocycles. The van der Waals surface area contributed by atoms with E-state index in [0.717, 1.165) is 12.0 Å². The Hall–Kier alpha value is -4.94. The lowest BCUT2D eigenvalue weighted by atomic mass is 10.1. The molecule has 0 unspecified atom stereocenters. The van der Waals surface area contributed by atoms with Gasteiger partial charge in [0.15, 0.2) is 11.5 Å².